The molecule has 15 heteroatoms. The predicted molar refractivity (Wildman–Crippen MR) is 206 cm³/mol. The van der Waals surface area contributed by atoms with Crippen LogP contribution in [0.1, 0.15) is 30.3 Å². The van der Waals surface area contributed by atoms with Gasteiger partial charge in [0.2, 0.25) is 5.95 Å². The normalized spacial score (nSPS) is 14.6. The van der Waals surface area contributed by atoms with Gasteiger partial charge in [-0.25, -0.2) is 23.4 Å². The summed E-state index contributed by atoms with van der Waals surface area (Å²) < 4.78 is 46.2. The average molecular weight is 752 g/mol. The quantitative estimate of drug-likeness (QED) is 0.132. The molecule has 50 heavy (non-hydrogen) atoms. The Morgan fingerprint density at radius 1 is 1.04 bits per heavy atom. The van der Waals surface area contributed by atoms with Gasteiger partial charge < -0.3 is 15.0 Å². The summed E-state index contributed by atoms with van der Waals surface area (Å²) in [5.74, 6) is 1.99. The molecule has 0 bridgehead atoms. The van der Waals surface area contributed by atoms with Crippen molar-refractivity contribution in [1.82, 2.24) is 19.9 Å². The third-order valence-corrected chi connectivity index (χ3v) is 13.3. The van der Waals surface area contributed by atoms with Crippen molar-refractivity contribution in [1.29, 1.82) is 0 Å². The van der Waals surface area contributed by atoms with Crippen LogP contribution in [0.3, 0.4) is 0 Å². The van der Waals surface area contributed by atoms with Crippen LogP contribution in [0.5, 0.6) is 5.75 Å². The summed E-state index contributed by atoms with van der Waals surface area (Å²) in [4.78, 5) is 20.0. The Bertz CT molecular complexity index is 2080. The van der Waals surface area contributed by atoms with E-state index in [1.165, 1.54) is 11.3 Å². The second-order valence-corrected chi connectivity index (χ2v) is 17.8. The molecule has 5 aromatic rings. The van der Waals surface area contributed by atoms with Crippen LogP contribution in [0.4, 0.5) is 23.0 Å². The summed E-state index contributed by atoms with van der Waals surface area (Å²) in [7, 11) is -2.83. The van der Waals surface area contributed by atoms with Crippen molar-refractivity contribution in [2.45, 2.75) is 30.9 Å². The molecule has 3 aromatic heterocycles. The molecule has 11 nitrogen and oxygen atoms in total. The predicted octanol–water partition coefficient (Wildman–Crippen LogP) is 6.81. The van der Waals surface area contributed by atoms with E-state index in [4.69, 9.17) is 14.7 Å². The Balaban J connectivity index is 1.25. The number of rotatable bonds is 13. The van der Waals surface area contributed by atoms with Crippen LogP contribution in [0.2, 0.25) is 0 Å². The molecule has 0 amide bonds. The minimum Gasteiger partial charge on any atom is -0.494 e. The van der Waals surface area contributed by atoms with Crippen LogP contribution in [-0.4, -0.2) is 84.3 Å². The number of methoxy groups -OCH3 is 1. The van der Waals surface area contributed by atoms with Crippen LogP contribution < -0.4 is 19.7 Å². The van der Waals surface area contributed by atoms with Crippen molar-refractivity contribution in [3.8, 4) is 27.6 Å². The van der Waals surface area contributed by atoms with Crippen LogP contribution >= 0.6 is 22.7 Å². The number of hydrogen-bond acceptors (Lipinski definition) is 12. The van der Waals surface area contributed by atoms with E-state index in [2.05, 4.69) is 57.7 Å². The summed E-state index contributed by atoms with van der Waals surface area (Å²) in [6.45, 7) is 10.8. The van der Waals surface area contributed by atoms with Crippen molar-refractivity contribution in [3.63, 3.8) is 0 Å². The Morgan fingerprint density at radius 2 is 1.84 bits per heavy atom. The first-order chi connectivity index (χ1) is 24.0. The van der Waals surface area contributed by atoms with Gasteiger partial charge in [0.1, 0.15) is 9.96 Å². The van der Waals surface area contributed by atoms with Gasteiger partial charge in [0.15, 0.2) is 0 Å². The highest BCUT2D eigenvalue weighted by Crippen LogP contribution is 2.40. The molecule has 2 aromatic carbocycles. The van der Waals surface area contributed by atoms with E-state index in [-0.39, 0.29) is 10.1 Å². The van der Waals surface area contributed by atoms with Gasteiger partial charge in [-0.15, -0.1) is 22.7 Å². The van der Waals surface area contributed by atoms with Crippen molar-refractivity contribution >= 4 is 66.5 Å². The van der Waals surface area contributed by atoms with E-state index < -0.39 is 20.8 Å². The first kappa shape index (κ1) is 35.9. The fourth-order valence-electron chi connectivity index (χ4n) is 5.73. The lowest BCUT2D eigenvalue weighted by Crippen LogP contribution is -2.47. The van der Waals surface area contributed by atoms with E-state index in [0.717, 1.165) is 70.8 Å². The van der Waals surface area contributed by atoms with E-state index in [0.29, 0.717) is 28.8 Å². The van der Waals surface area contributed by atoms with Gasteiger partial charge in [0.25, 0.3) is 10.0 Å². The molecular formula is C35H41N7O4S4. The molecule has 0 radical (unpaired) electrons. The highest BCUT2D eigenvalue weighted by molar-refractivity contribution is 7.94. The first-order valence-electron chi connectivity index (χ1n) is 16.2. The standard InChI is InChI=1S/C35H41N7O4S4/c1-23(2)34-39-32(25-8-6-9-26(21-25)40-50(44,45)31-10-7-18-47-31)33(48-34)27-11-12-36-35(37-27)38-28-20-24(3)29(22-30(28)46-4)42-15-13-41(14-16-42)17-19-49(5)43/h6-12,18,20-23,40H,13-17,19H2,1-5H3,(H,36,37,38). The molecule has 6 rings (SSSR count). The zero-order chi connectivity index (χ0) is 35.4. The van der Waals surface area contributed by atoms with Gasteiger partial charge in [-0.1, -0.05) is 32.0 Å². The van der Waals surface area contributed by atoms with Gasteiger partial charge in [0.05, 0.1) is 34.1 Å². The second-order valence-electron chi connectivity index (χ2n) is 12.3. The second kappa shape index (κ2) is 15.6. The number of aryl methyl sites for hydroxylation is 1. The third-order valence-electron chi connectivity index (χ3n) is 8.35. The number of nitrogens with zero attached hydrogens (tertiary/aromatic N) is 5. The fraction of sp³-hybridized carbons (Fsp3) is 0.343. The maximum Gasteiger partial charge on any atom is 0.271 e. The molecule has 4 heterocycles. The van der Waals surface area contributed by atoms with Gasteiger partial charge in [-0.3, -0.25) is 13.8 Å². The summed E-state index contributed by atoms with van der Waals surface area (Å²) >= 11 is 2.73. The minimum atomic E-state index is -3.70. The van der Waals surface area contributed by atoms with Gasteiger partial charge in [-0.2, -0.15) is 0 Å². The largest absolute Gasteiger partial charge is 0.494 e. The number of aromatic nitrogens is 3. The van der Waals surface area contributed by atoms with Gasteiger partial charge in [-0.05, 0) is 48.2 Å². The molecule has 0 spiro atoms. The maximum atomic E-state index is 12.9. The number of thiophene rings is 1. The van der Waals surface area contributed by atoms with Crippen molar-refractivity contribution in [2.75, 3.05) is 66.8 Å². The number of piperazine rings is 1. The van der Waals surface area contributed by atoms with Crippen LogP contribution in [-0.2, 0) is 20.8 Å². The third kappa shape index (κ3) is 8.35. The number of ether oxygens (including phenoxy) is 1. The van der Waals surface area contributed by atoms with Crippen molar-refractivity contribution in [3.05, 3.63) is 76.7 Å². The molecule has 1 fully saturated rings. The highest BCUT2D eigenvalue weighted by Gasteiger charge is 2.23. The van der Waals surface area contributed by atoms with Crippen LogP contribution in [0.25, 0.3) is 21.8 Å². The van der Waals surface area contributed by atoms with E-state index in [1.807, 2.05) is 18.2 Å². The van der Waals surface area contributed by atoms with Crippen molar-refractivity contribution in [2.24, 2.45) is 0 Å². The molecule has 1 saturated heterocycles. The lowest BCUT2D eigenvalue weighted by atomic mass is 10.1. The first-order valence-corrected chi connectivity index (χ1v) is 21.1. The zero-order valence-corrected chi connectivity index (χ0v) is 31.9. The zero-order valence-electron chi connectivity index (χ0n) is 28.7. The monoisotopic (exact) mass is 751 g/mol. The number of hydrogen-bond donors (Lipinski definition) is 2. The van der Waals surface area contributed by atoms with E-state index in [9.17, 15) is 12.6 Å². The fourth-order valence-corrected chi connectivity index (χ4v) is 9.34. The van der Waals surface area contributed by atoms with Crippen LogP contribution in [0.15, 0.2) is 70.4 Å². The molecule has 1 aliphatic heterocycles. The van der Waals surface area contributed by atoms with Gasteiger partial charge >= 0.3 is 0 Å². The van der Waals surface area contributed by atoms with Crippen LogP contribution in [0, 0.1) is 6.92 Å². The number of thiazole rings is 1. The van der Waals surface area contributed by atoms with E-state index in [1.54, 1.807) is 60.5 Å². The molecule has 1 atom stereocenters. The Kier molecular flexibility index (Phi) is 11.2. The summed E-state index contributed by atoms with van der Waals surface area (Å²) in [6, 6.07) is 16.6. The lowest BCUT2D eigenvalue weighted by molar-refractivity contribution is 0.272. The number of benzene rings is 2. The summed E-state index contributed by atoms with van der Waals surface area (Å²) in [5.41, 5.74) is 5.63. The van der Waals surface area contributed by atoms with Crippen molar-refractivity contribution < 1.29 is 17.4 Å². The molecule has 0 aliphatic carbocycles. The van der Waals surface area contributed by atoms with E-state index >= 15 is 0 Å². The highest BCUT2D eigenvalue weighted by atomic mass is 32.2. The summed E-state index contributed by atoms with van der Waals surface area (Å²) in [6.07, 6.45) is 3.47. The minimum absolute atomic E-state index is 0.183. The number of sulfonamides is 1. The smallest absolute Gasteiger partial charge is 0.271 e. The lowest BCUT2D eigenvalue weighted by Gasteiger charge is -2.37. The molecule has 0 saturated carbocycles. The maximum absolute atomic E-state index is 12.9. The number of anilines is 4. The molecular weight excluding hydrogens is 711 g/mol. The SMILES string of the molecule is COc1cc(N2CCN(CCS(C)=O)CC2)c(C)cc1Nc1nccc(-c2sc(C(C)C)nc2-c2cccc(NS(=O)(=O)c3cccs3)c2)n1. The average Bonchev–Trinajstić information content (AvgIpc) is 3.80. The number of nitrogens with one attached hydrogen (secondary N) is 2. The Morgan fingerprint density at radius 3 is 2.54 bits per heavy atom. The molecule has 2 N–H and O–H groups in total. The molecule has 264 valence electrons. The Labute approximate surface area is 304 Å². The van der Waals surface area contributed by atoms with Gasteiger partial charge in [0, 0.05) is 90.7 Å². The molecule has 1 unspecified atom stereocenters. The Hall–Kier alpha value is -3.89. The summed E-state index contributed by atoms with van der Waals surface area (Å²) in [5, 5.41) is 6.07. The molecule has 1 aliphatic rings. The topological polar surface area (TPSA) is 130 Å².